The van der Waals surface area contributed by atoms with E-state index in [2.05, 4.69) is 10.6 Å². The maximum Gasteiger partial charge on any atom is 0.238 e. The van der Waals surface area contributed by atoms with Crippen LogP contribution < -0.4 is 10.6 Å². The molecule has 0 unspecified atom stereocenters. The standard InChI is InChI=1S/C19H20Cl2FN3O2/c1-2-25(11-17(26)23-10-13-6-8-14(22)9-7-13)12-18(27)24-19-15(20)4-3-5-16(19)21/h3-9H,2,10-12H2,1H3,(H,23,26)(H,24,27). The first-order chi connectivity index (χ1) is 12.9. The molecule has 0 bridgehead atoms. The first kappa shape index (κ1) is 21.2. The molecule has 2 aromatic rings. The van der Waals surface area contributed by atoms with Crippen molar-refractivity contribution in [3.05, 3.63) is 63.9 Å². The Bertz CT molecular complexity index is 780. The summed E-state index contributed by atoms with van der Waals surface area (Å²) in [6, 6.07) is 10.8. The third kappa shape index (κ3) is 6.82. The van der Waals surface area contributed by atoms with Crippen molar-refractivity contribution < 1.29 is 14.0 Å². The van der Waals surface area contributed by atoms with Crippen LogP contribution in [0.2, 0.25) is 10.0 Å². The lowest BCUT2D eigenvalue weighted by Crippen LogP contribution is -2.40. The molecule has 2 rings (SSSR count). The van der Waals surface area contributed by atoms with Gasteiger partial charge >= 0.3 is 0 Å². The number of para-hydroxylation sites is 1. The van der Waals surface area contributed by atoms with E-state index in [0.717, 1.165) is 5.56 Å². The van der Waals surface area contributed by atoms with E-state index < -0.39 is 0 Å². The summed E-state index contributed by atoms with van der Waals surface area (Å²) in [6.07, 6.45) is 0. The minimum absolute atomic E-state index is 0.0159. The van der Waals surface area contributed by atoms with E-state index in [1.54, 1.807) is 35.2 Å². The largest absolute Gasteiger partial charge is 0.351 e. The molecular weight excluding hydrogens is 392 g/mol. The highest BCUT2D eigenvalue weighted by molar-refractivity contribution is 6.39. The number of hydrogen-bond donors (Lipinski definition) is 2. The van der Waals surface area contributed by atoms with Crippen molar-refractivity contribution in [3.8, 4) is 0 Å². The molecule has 0 fully saturated rings. The summed E-state index contributed by atoms with van der Waals surface area (Å²) in [7, 11) is 0. The van der Waals surface area contributed by atoms with Gasteiger partial charge in [0.2, 0.25) is 11.8 Å². The number of amides is 2. The Balaban J connectivity index is 1.84. The van der Waals surface area contributed by atoms with Gasteiger partial charge in [-0.2, -0.15) is 0 Å². The Morgan fingerprint density at radius 1 is 1.00 bits per heavy atom. The summed E-state index contributed by atoms with van der Waals surface area (Å²) < 4.78 is 12.9. The SMILES string of the molecule is CCN(CC(=O)NCc1ccc(F)cc1)CC(=O)Nc1c(Cl)cccc1Cl. The molecule has 2 amide bonds. The van der Waals surface area contributed by atoms with Gasteiger partial charge in [-0.15, -0.1) is 0 Å². The average molecular weight is 412 g/mol. The Morgan fingerprint density at radius 3 is 2.19 bits per heavy atom. The molecule has 8 heteroatoms. The predicted molar refractivity (Wildman–Crippen MR) is 105 cm³/mol. The van der Waals surface area contributed by atoms with Gasteiger partial charge in [0.15, 0.2) is 0 Å². The number of halogens is 3. The first-order valence-corrected chi connectivity index (χ1v) is 9.12. The van der Waals surface area contributed by atoms with Gasteiger partial charge in [-0.05, 0) is 36.4 Å². The van der Waals surface area contributed by atoms with Crippen LogP contribution in [0.25, 0.3) is 0 Å². The van der Waals surface area contributed by atoms with E-state index >= 15 is 0 Å². The fraction of sp³-hybridized carbons (Fsp3) is 0.263. The van der Waals surface area contributed by atoms with E-state index in [0.29, 0.717) is 22.3 Å². The van der Waals surface area contributed by atoms with Gasteiger partial charge < -0.3 is 10.6 Å². The van der Waals surface area contributed by atoms with E-state index in [4.69, 9.17) is 23.2 Å². The molecule has 2 N–H and O–H groups in total. The fourth-order valence-electron chi connectivity index (χ4n) is 2.34. The molecule has 0 aliphatic rings. The van der Waals surface area contributed by atoms with Crippen LogP contribution in [0.3, 0.4) is 0 Å². The Morgan fingerprint density at radius 2 is 1.59 bits per heavy atom. The number of hydrogen-bond acceptors (Lipinski definition) is 3. The van der Waals surface area contributed by atoms with Gasteiger partial charge in [-0.3, -0.25) is 14.5 Å². The lowest BCUT2D eigenvalue weighted by molar-refractivity contribution is -0.123. The van der Waals surface area contributed by atoms with Crippen LogP contribution in [-0.4, -0.2) is 36.3 Å². The van der Waals surface area contributed by atoms with Gasteiger partial charge in [0.25, 0.3) is 0 Å². The van der Waals surface area contributed by atoms with Crippen molar-refractivity contribution in [1.82, 2.24) is 10.2 Å². The van der Waals surface area contributed by atoms with Crippen molar-refractivity contribution >= 4 is 40.7 Å². The first-order valence-electron chi connectivity index (χ1n) is 8.36. The summed E-state index contributed by atoms with van der Waals surface area (Å²) in [5, 5.41) is 6.10. The van der Waals surface area contributed by atoms with E-state index in [1.807, 2.05) is 6.92 Å². The normalized spacial score (nSPS) is 10.7. The number of rotatable bonds is 8. The third-order valence-corrected chi connectivity index (χ3v) is 4.44. The Hall–Kier alpha value is -2.15. The van der Waals surface area contributed by atoms with Crippen LogP contribution >= 0.6 is 23.2 Å². The molecule has 0 aliphatic carbocycles. The fourth-order valence-corrected chi connectivity index (χ4v) is 2.83. The highest BCUT2D eigenvalue weighted by Crippen LogP contribution is 2.29. The minimum atomic E-state index is -0.327. The van der Waals surface area contributed by atoms with Crippen molar-refractivity contribution in [1.29, 1.82) is 0 Å². The summed E-state index contributed by atoms with van der Waals surface area (Å²) in [4.78, 5) is 26.0. The van der Waals surface area contributed by atoms with Crippen LogP contribution in [0.5, 0.6) is 0 Å². The van der Waals surface area contributed by atoms with Gasteiger partial charge in [0, 0.05) is 6.54 Å². The second-order valence-corrected chi connectivity index (χ2v) is 6.67. The monoisotopic (exact) mass is 411 g/mol. The zero-order valence-corrected chi connectivity index (χ0v) is 16.3. The highest BCUT2D eigenvalue weighted by atomic mass is 35.5. The van der Waals surface area contributed by atoms with Crippen LogP contribution in [0.4, 0.5) is 10.1 Å². The van der Waals surface area contributed by atoms with Gasteiger partial charge in [0.05, 0.1) is 28.8 Å². The molecule has 0 radical (unpaired) electrons. The Labute approximate surface area is 167 Å². The number of nitrogens with zero attached hydrogens (tertiary/aromatic N) is 1. The van der Waals surface area contributed by atoms with Crippen LogP contribution in [0.1, 0.15) is 12.5 Å². The summed E-state index contributed by atoms with van der Waals surface area (Å²) >= 11 is 12.1. The predicted octanol–water partition coefficient (Wildman–Crippen LogP) is 3.71. The van der Waals surface area contributed by atoms with Crippen molar-refractivity contribution in [2.24, 2.45) is 0 Å². The molecule has 0 heterocycles. The lowest BCUT2D eigenvalue weighted by atomic mass is 10.2. The maximum atomic E-state index is 12.9. The van der Waals surface area contributed by atoms with E-state index in [1.165, 1.54) is 12.1 Å². The van der Waals surface area contributed by atoms with Crippen LogP contribution in [0.15, 0.2) is 42.5 Å². The molecule has 0 spiro atoms. The number of benzene rings is 2. The van der Waals surface area contributed by atoms with Gasteiger partial charge in [-0.25, -0.2) is 4.39 Å². The zero-order valence-electron chi connectivity index (χ0n) is 14.8. The molecule has 0 saturated heterocycles. The van der Waals surface area contributed by atoms with E-state index in [-0.39, 0.29) is 37.3 Å². The second-order valence-electron chi connectivity index (χ2n) is 5.85. The van der Waals surface area contributed by atoms with Crippen molar-refractivity contribution in [2.45, 2.75) is 13.5 Å². The third-order valence-electron chi connectivity index (χ3n) is 3.81. The maximum absolute atomic E-state index is 12.9. The molecule has 27 heavy (non-hydrogen) atoms. The van der Waals surface area contributed by atoms with E-state index in [9.17, 15) is 14.0 Å². The molecule has 0 aliphatic heterocycles. The molecule has 0 aromatic heterocycles. The van der Waals surface area contributed by atoms with Crippen molar-refractivity contribution in [3.63, 3.8) is 0 Å². The van der Waals surface area contributed by atoms with Crippen LogP contribution in [-0.2, 0) is 16.1 Å². The molecular formula is C19H20Cl2FN3O2. The zero-order chi connectivity index (χ0) is 19.8. The highest BCUT2D eigenvalue weighted by Gasteiger charge is 2.15. The second kappa shape index (κ2) is 10.3. The lowest BCUT2D eigenvalue weighted by Gasteiger charge is -2.20. The van der Waals surface area contributed by atoms with Crippen molar-refractivity contribution in [2.75, 3.05) is 25.0 Å². The summed E-state index contributed by atoms with van der Waals surface area (Å²) in [6.45, 7) is 2.72. The van der Waals surface area contributed by atoms with Gasteiger partial charge in [0.1, 0.15) is 5.82 Å². The number of carbonyl (C=O) groups is 2. The number of likely N-dealkylation sites (N-methyl/N-ethyl adjacent to an activating group) is 1. The average Bonchev–Trinajstić information content (AvgIpc) is 2.64. The minimum Gasteiger partial charge on any atom is -0.351 e. The Kier molecular flexibility index (Phi) is 8.03. The quantitative estimate of drug-likeness (QED) is 0.695. The molecule has 2 aromatic carbocycles. The van der Waals surface area contributed by atoms with Crippen LogP contribution in [0, 0.1) is 5.82 Å². The number of nitrogens with one attached hydrogen (secondary N) is 2. The molecule has 0 atom stereocenters. The number of anilines is 1. The number of carbonyl (C=O) groups excluding carboxylic acids is 2. The topological polar surface area (TPSA) is 61.4 Å². The smallest absolute Gasteiger partial charge is 0.238 e. The molecule has 144 valence electrons. The van der Waals surface area contributed by atoms with Gasteiger partial charge in [-0.1, -0.05) is 48.3 Å². The summed E-state index contributed by atoms with van der Waals surface area (Å²) in [5.74, 6) is -0.880. The molecule has 0 saturated carbocycles. The summed E-state index contributed by atoms with van der Waals surface area (Å²) in [5.41, 5.74) is 1.14. The molecule has 5 nitrogen and oxygen atoms in total.